The summed E-state index contributed by atoms with van der Waals surface area (Å²) in [6.45, 7) is 11.3. The molecular formula is C32H38N8O2S. The van der Waals surface area contributed by atoms with Crippen LogP contribution in [-0.2, 0) is 4.79 Å². The highest BCUT2D eigenvalue weighted by Crippen LogP contribution is 2.45. The van der Waals surface area contributed by atoms with Gasteiger partial charge in [-0.1, -0.05) is 19.9 Å². The molecule has 7 rings (SSSR count). The first kappa shape index (κ1) is 28.0. The van der Waals surface area contributed by atoms with Crippen LogP contribution in [0.3, 0.4) is 0 Å². The number of likely N-dealkylation sites (tertiary alicyclic amines) is 1. The fourth-order valence-electron chi connectivity index (χ4n) is 6.57. The van der Waals surface area contributed by atoms with Crippen LogP contribution >= 0.6 is 11.3 Å². The van der Waals surface area contributed by atoms with Crippen molar-refractivity contribution < 1.29 is 9.59 Å². The normalized spacial score (nSPS) is 21.6. The van der Waals surface area contributed by atoms with Crippen LogP contribution in [0.2, 0.25) is 0 Å². The lowest BCUT2D eigenvalue weighted by atomic mass is 10.0. The number of rotatable bonds is 10. The van der Waals surface area contributed by atoms with Gasteiger partial charge in [0.05, 0.1) is 28.0 Å². The van der Waals surface area contributed by atoms with Gasteiger partial charge in [0.2, 0.25) is 5.91 Å². The van der Waals surface area contributed by atoms with Gasteiger partial charge in [0.15, 0.2) is 5.65 Å². The van der Waals surface area contributed by atoms with Crippen LogP contribution in [-0.4, -0.2) is 92.5 Å². The molecule has 3 aliphatic rings. The van der Waals surface area contributed by atoms with E-state index in [1.807, 2.05) is 46.8 Å². The number of amides is 2. The number of anilines is 1. The highest BCUT2D eigenvalue weighted by Gasteiger charge is 2.49. The first-order valence-electron chi connectivity index (χ1n) is 15.4. The van der Waals surface area contributed by atoms with Crippen LogP contribution in [0.4, 0.5) is 5.82 Å². The Balaban J connectivity index is 1.22. The largest absolute Gasteiger partial charge is 0.350 e. The second kappa shape index (κ2) is 11.3. The van der Waals surface area contributed by atoms with Gasteiger partial charge in [0, 0.05) is 44.0 Å². The molecule has 1 N–H and O–H groups in total. The molecule has 6 heterocycles. The summed E-state index contributed by atoms with van der Waals surface area (Å²) in [7, 11) is 0. The Hall–Kier alpha value is -3.83. The summed E-state index contributed by atoms with van der Waals surface area (Å²) in [6.07, 6.45) is 5.71. The van der Waals surface area contributed by atoms with Crippen LogP contribution in [0.25, 0.3) is 27.5 Å². The molecule has 1 saturated carbocycles. The van der Waals surface area contributed by atoms with E-state index in [1.54, 1.807) is 22.0 Å². The van der Waals surface area contributed by atoms with Crippen molar-refractivity contribution in [2.75, 3.05) is 44.2 Å². The summed E-state index contributed by atoms with van der Waals surface area (Å²) in [4.78, 5) is 44.5. The number of hydrogen-bond donors (Lipinski definition) is 1. The molecule has 3 fully saturated rings. The zero-order valence-corrected chi connectivity index (χ0v) is 25.8. The number of fused-ring (bicyclic) bond motifs is 2. The van der Waals surface area contributed by atoms with E-state index in [1.165, 1.54) is 6.42 Å². The molecule has 0 aromatic carbocycles. The minimum Gasteiger partial charge on any atom is -0.350 e. The highest BCUT2D eigenvalue weighted by atomic mass is 32.1. The van der Waals surface area contributed by atoms with E-state index in [-0.39, 0.29) is 23.9 Å². The van der Waals surface area contributed by atoms with E-state index in [4.69, 9.17) is 9.97 Å². The first-order valence-corrected chi connectivity index (χ1v) is 16.3. The molecule has 2 amide bonds. The number of nitrogens with zero attached hydrogens (tertiary/aromatic N) is 7. The van der Waals surface area contributed by atoms with Gasteiger partial charge < -0.3 is 15.1 Å². The molecule has 2 saturated heterocycles. The fourth-order valence-corrected chi connectivity index (χ4v) is 7.26. The van der Waals surface area contributed by atoms with Gasteiger partial charge in [-0.25, -0.2) is 14.5 Å². The van der Waals surface area contributed by atoms with Gasteiger partial charge in [-0.05, 0) is 74.3 Å². The van der Waals surface area contributed by atoms with Gasteiger partial charge in [-0.3, -0.25) is 14.5 Å². The van der Waals surface area contributed by atoms with E-state index in [9.17, 15) is 9.59 Å². The zero-order chi connectivity index (χ0) is 29.7. The van der Waals surface area contributed by atoms with Crippen molar-refractivity contribution in [1.29, 1.82) is 0 Å². The maximum absolute atomic E-state index is 13.6. The minimum absolute atomic E-state index is 0.157. The summed E-state index contributed by atoms with van der Waals surface area (Å²) in [5.41, 5.74) is 3.41. The molecule has 43 heavy (non-hydrogen) atoms. The van der Waals surface area contributed by atoms with Crippen LogP contribution in [0.1, 0.15) is 44.0 Å². The predicted octanol–water partition coefficient (Wildman–Crippen LogP) is 4.04. The van der Waals surface area contributed by atoms with E-state index in [2.05, 4.69) is 41.0 Å². The second-order valence-electron chi connectivity index (χ2n) is 12.0. The molecular weight excluding hydrogens is 560 g/mol. The third kappa shape index (κ3) is 5.29. The van der Waals surface area contributed by atoms with Crippen LogP contribution in [0, 0.1) is 11.8 Å². The monoisotopic (exact) mass is 598 g/mol. The quantitative estimate of drug-likeness (QED) is 0.294. The lowest BCUT2D eigenvalue weighted by molar-refractivity contribution is -0.133. The summed E-state index contributed by atoms with van der Waals surface area (Å²) < 4.78 is 1.74. The van der Waals surface area contributed by atoms with Gasteiger partial charge in [-0.2, -0.15) is 5.10 Å². The lowest BCUT2D eigenvalue weighted by Crippen LogP contribution is -2.57. The van der Waals surface area contributed by atoms with Crippen molar-refractivity contribution in [1.82, 2.24) is 34.7 Å². The Morgan fingerprint density at radius 3 is 2.63 bits per heavy atom. The average molecular weight is 599 g/mol. The van der Waals surface area contributed by atoms with E-state index in [0.29, 0.717) is 41.1 Å². The smallest absolute Gasteiger partial charge is 0.251 e. The topological polar surface area (TPSA) is 99.0 Å². The van der Waals surface area contributed by atoms with Crippen LogP contribution in [0.5, 0.6) is 0 Å². The maximum atomic E-state index is 13.6. The molecule has 0 spiro atoms. The Bertz CT molecular complexity index is 1640. The molecule has 3 unspecified atom stereocenters. The number of carbonyl (C=O) groups excluding carboxylic acids is 2. The van der Waals surface area contributed by atoms with Crippen molar-refractivity contribution in [2.45, 2.75) is 45.7 Å². The Morgan fingerprint density at radius 2 is 1.93 bits per heavy atom. The molecule has 4 atom stereocenters. The Morgan fingerprint density at radius 1 is 1.12 bits per heavy atom. The Labute approximate surface area is 255 Å². The summed E-state index contributed by atoms with van der Waals surface area (Å²) in [5.74, 6) is 2.05. The highest BCUT2D eigenvalue weighted by molar-refractivity contribution is 7.13. The van der Waals surface area contributed by atoms with Crippen LogP contribution < -0.4 is 10.2 Å². The second-order valence-corrected chi connectivity index (χ2v) is 12.9. The molecule has 11 heteroatoms. The van der Waals surface area contributed by atoms with Crippen molar-refractivity contribution in [3.05, 3.63) is 53.7 Å². The third-order valence-electron chi connectivity index (χ3n) is 9.38. The summed E-state index contributed by atoms with van der Waals surface area (Å²) >= 11 is 1.63. The molecule has 224 valence electrons. The number of nitrogens with one attached hydrogen (secondary N) is 1. The van der Waals surface area contributed by atoms with Crippen molar-refractivity contribution in [2.24, 2.45) is 11.8 Å². The van der Waals surface area contributed by atoms with Gasteiger partial charge >= 0.3 is 0 Å². The maximum Gasteiger partial charge on any atom is 0.251 e. The predicted molar refractivity (Wildman–Crippen MR) is 168 cm³/mol. The number of thiophene rings is 1. The lowest BCUT2D eigenvalue weighted by Gasteiger charge is -2.42. The Kier molecular flexibility index (Phi) is 7.38. The summed E-state index contributed by atoms with van der Waals surface area (Å²) in [5, 5.41) is 9.71. The van der Waals surface area contributed by atoms with Crippen molar-refractivity contribution in [3.8, 4) is 21.8 Å². The van der Waals surface area contributed by atoms with E-state index >= 15 is 0 Å². The number of pyridine rings is 1. The zero-order valence-electron chi connectivity index (χ0n) is 24.9. The molecule has 4 aromatic rings. The van der Waals surface area contributed by atoms with Gasteiger partial charge in [0.25, 0.3) is 5.91 Å². The van der Waals surface area contributed by atoms with Crippen molar-refractivity contribution in [3.63, 3.8) is 0 Å². The van der Waals surface area contributed by atoms with E-state index < -0.39 is 0 Å². The van der Waals surface area contributed by atoms with E-state index in [0.717, 1.165) is 55.3 Å². The van der Waals surface area contributed by atoms with Gasteiger partial charge in [0.1, 0.15) is 11.9 Å². The number of hydrogen-bond acceptors (Lipinski definition) is 8. The molecule has 4 aromatic heterocycles. The number of aromatic nitrogens is 4. The molecule has 1 aliphatic carbocycles. The molecule has 10 nitrogen and oxygen atoms in total. The molecule has 0 bridgehead atoms. The number of likely N-dealkylation sites (N-methyl/N-ethyl adjacent to an activating group) is 1. The summed E-state index contributed by atoms with van der Waals surface area (Å²) in [6, 6.07) is 9.63. The first-order chi connectivity index (χ1) is 20.9. The standard InChI is InChI=1S/C32H38N8O2S/c1-4-37(5-2)20(3)16-33-31(41)21-14-26(24-17-34-40-11-8-25(36-30(24)40)28-7-6-12-43-28)35-29(15-21)39-10-9-27(39)32(42)38-18-22-13-23(22)19-38/h6-8,11-12,14-15,17,20,22-23,27H,4-5,9-10,13,16,18-19H2,1-3H3,(H,33,41)/t20?,22?,23?,27-/m0/s1. The number of carbonyl (C=O) groups is 2. The third-order valence-corrected chi connectivity index (χ3v) is 10.3. The SMILES string of the molecule is CCN(CC)C(C)CNC(=O)c1cc(-c2cnn3ccc(-c4cccs4)nc23)nc(N2CC[C@H]2C(=O)N2CC3CC3C2)c1. The number of piperidine rings is 1. The van der Waals surface area contributed by atoms with Crippen molar-refractivity contribution >= 4 is 34.6 Å². The average Bonchev–Trinajstić information content (AvgIpc) is 3.42. The fraction of sp³-hybridized carbons (Fsp3) is 0.469. The van der Waals surface area contributed by atoms with Gasteiger partial charge in [-0.15, -0.1) is 11.3 Å². The van der Waals surface area contributed by atoms with Crippen LogP contribution in [0.15, 0.2) is 48.1 Å². The molecule has 2 aliphatic heterocycles. The minimum atomic E-state index is -0.244. The molecule has 0 radical (unpaired) electrons.